The van der Waals surface area contributed by atoms with Crippen LogP contribution >= 0.6 is 23.4 Å². The van der Waals surface area contributed by atoms with E-state index in [2.05, 4.69) is 11.4 Å². The number of halogens is 1. The molecule has 0 radical (unpaired) electrons. The van der Waals surface area contributed by atoms with Crippen molar-refractivity contribution in [1.29, 1.82) is 5.26 Å². The largest absolute Gasteiger partial charge is 0.460 e. The fourth-order valence-electron chi connectivity index (χ4n) is 2.61. The SMILES string of the molecule is CSC1=C(C#N)C(c2ccc(Cl)cc2)C(C(=O)OC(C)C)=C(C)N1. The molecule has 1 atom stereocenters. The number of ether oxygens (including phenoxy) is 1. The maximum Gasteiger partial charge on any atom is 0.337 e. The maximum absolute atomic E-state index is 12.6. The number of rotatable bonds is 4. The summed E-state index contributed by atoms with van der Waals surface area (Å²) in [6, 6.07) is 9.44. The van der Waals surface area contributed by atoms with Crippen molar-refractivity contribution in [2.75, 3.05) is 6.26 Å². The summed E-state index contributed by atoms with van der Waals surface area (Å²) >= 11 is 7.42. The fraction of sp³-hybridized carbons (Fsp3) is 0.333. The zero-order valence-electron chi connectivity index (χ0n) is 14.0. The van der Waals surface area contributed by atoms with Crippen LogP contribution in [0, 0.1) is 11.3 Å². The number of hydrogen-bond donors (Lipinski definition) is 1. The molecule has 4 nitrogen and oxygen atoms in total. The molecule has 1 N–H and O–H groups in total. The summed E-state index contributed by atoms with van der Waals surface area (Å²) < 4.78 is 5.40. The Morgan fingerprint density at radius 1 is 1.38 bits per heavy atom. The van der Waals surface area contributed by atoms with E-state index in [0.717, 1.165) is 10.6 Å². The summed E-state index contributed by atoms with van der Waals surface area (Å²) in [7, 11) is 0. The minimum atomic E-state index is -0.470. The lowest BCUT2D eigenvalue weighted by atomic mass is 9.82. The Morgan fingerprint density at radius 3 is 2.50 bits per heavy atom. The average Bonchev–Trinajstić information content (AvgIpc) is 2.53. The number of nitriles is 1. The van der Waals surface area contributed by atoms with Gasteiger partial charge in [0.2, 0.25) is 0 Å². The Labute approximate surface area is 151 Å². The van der Waals surface area contributed by atoms with Crippen molar-refractivity contribution in [3.63, 3.8) is 0 Å². The van der Waals surface area contributed by atoms with E-state index < -0.39 is 11.9 Å². The van der Waals surface area contributed by atoms with Gasteiger partial charge in [-0.25, -0.2) is 4.79 Å². The quantitative estimate of drug-likeness (QED) is 0.807. The molecule has 1 aromatic carbocycles. The van der Waals surface area contributed by atoms with Crippen LogP contribution in [0.1, 0.15) is 32.3 Å². The molecule has 0 spiro atoms. The maximum atomic E-state index is 12.6. The molecule has 0 aromatic heterocycles. The predicted molar refractivity (Wildman–Crippen MR) is 97.4 cm³/mol. The summed E-state index contributed by atoms with van der Waals surface area (Å²) in [5.41, 5.74) is 2.49. The van der Waals surface area contributed by atoms with Gasteiger partial charge in [0.1, 0.15) is 0 Å². The van der Waals surface area contributed by atoms with Crippen molar-refractivity contribution < 1.29 is 9.53 Å². The predicted octanol–water partition coefficient (Wildman–Crippen LogP) is 4.35. The molecule has 0 aliphatic carbocycles. The monoisotopic (exact) mass is 362 g/mol. The molecular formula is C18H19ClN2O2S. The molecule has 126 valence electrons. The van der Waals surface area contributed by atoms with Gasteiger partial charge in [0.15, 0.2) is 0 Å². The van der Waals surface area contributed by atoms with Crippen LogP contribution in [0.4, 0.5) is 0 Å². The number of thioether (sulfide) groups is 1. The summed E-state index contributed by atoms with van der Waals surface area (Å²) in [6.07, 6.45) is 1.66. The lowest BCUT2D eigenvalue weighted by Crippen LogP contribution is -2.29. The molecule has 0 bridgehead atoms. The van der Waals surface area contributed by atoms with Crippen molar-refractivity contribution in [2.45, 2.75) is 32.8 Å². The van der Waals surface area contributed by atoms with Crippen LogP contribution in [-0.2, 0) is 9.53 Å². The highest BCUT2D eigenvalue weighted by Crippen LogP contribution is 2.40. The number of carbonyl (C=O) groups is 1. The molecule has 0 fully saturated rings. The third-order valence-corrected chi connectivity index (χ3v) is 4.60. The van der Waals surface area contributed by atoms with E-state index in [-0.39, 0.29) is 6.10 Å². The van der Waals surface area contributed by atoms with Crippen molar-refractivity contribution in [1.82, 2.24) is 5.32 Å². The lowest BCUT2D eigenvalue weighted by molar-refractivity contribution is -0.143. The average molecular weight is 363 g/mol. The van der Waals surface area contributed by atoms with E-state index in [9.17, 15) is 10.1 Å². The number of allylic oxidation sites excluding steroid dienone is 2. The molecule has 0 amide bonds. The number of benzene rings is 1. The van der Waals surface area contributed by atoms with Gasteiger partial charge in [-0.15, -0.1) is 11.8 Å². The molecule has 0 saturated heterocycles. The van der Waals surface area contributed by atoms with Gasteiger partial charge in [-0.3, -0.25) is 0 Å². The van der Waals surface area contributed by atoms with Crippen LogP contribution in [0.25, 0.3) is 0 Å². The summed E-state index contributed by atoms with van der Waals surface area (Å²) in [5, 5.41) is 14.2. The first-order valence-corrected chi connectivity index (χ1v) is 9.11. The first-order valence-electron chi connectivity index (χ1n) is 7.51. The van der Waals surface area contributed by atoms with Crippen molar-refractivity contribution in [3.05, 3.63) is 56.7 Å². The number of nitrogens with one attached hydrogen (secondary N) is 1. The Bertz CT molecular complexity index is 745. The normalized spacial score (nSPS) is 17.6. The van der Waals surface area contributed by atoms with E-state index in [1.54, 1.807) is 26.0 Å². The highest BCUT2D eigenvalue weighted by atomic mass is 35.5. The highest BCUT2D eigenvalue weighted by Gasteiger charge is 2.35. The molecular weight excluding hydrogens is 344 g/mol. The van der Waals surface area contributed by atoms with Crippen molar-refractivity contribution >= 4 is 29.3 Å². The van der Waals surface area contributed by atoms with Gasteiger partial charge in [-0.2, -0.15) is 5.26 Å². The molecule has 24 heavy (non-hydrogen) atoms. The van der Waals surface area contributed by atoms with Gasteiger partial charge in [-0.1, -0.05) is 23.7 Å². The van der Waals surface area contributed by atoms with Crippen molar-refractivity contribution in [3.8, 4) is 6.07 Å². The molecule has 1 aliphatic heterocycles. The van der Waals surface area contributed by atoms with Crippen LogP contribution in [0.3, 0.4) is 0 Å². The van der Waals surface area contributed by atoms with E-state index >= 15 is 0 Å². The van der Waals surface area contributed by atoms with Gasteiger partial charge in [0, 0.05) is 10.7 Å². The molecule has 1 unspecified atom stereocenters. The number of dihydropyridines is 1. The summed E-state index contributed by atoms with van der Waals surface area (Å²) in [6.45, 7) is 5.43. The molecule has 1 aliphatic rings. The Kier molecular flexibility index (Phi) is 5.98. The van der Waals surface area contributed by atoms with Gasteiger partial charge < -0.3 is 10.1 Å². The second-order valence-electron chi connectivity index (χ2n) is 5.66. The Hall–Kier alpha value is -1.90. The molecule has 6 heteroatoms. The van der Waals surface area contributed by atoms with Crippen LogP contribution in [0.2, 0.25) is 5.02 Å². The van der Waals surface area contributed by atoms with E-state index in [4.69, 9.17) is 16.3 Å². The Morgan fingerprint density at radius 2 is 2.00 bits per heavy atom. The standard InChI is InChI=1S/C18H19ClN2O2S/c1-10(2)23-18(22)15-11(3)21-17(24-4)14(9-20)16(15)12-5-7-13(19)8-6-12/h5-8,10,16,21H,1-4H3. The zero-order chi connectivity index (χ0) is 17.9. The Balaban J connectivity index is 2.60. The van der Waals surface area contributed by atoms with Crippen LogP contribution in [-0.4, -0.2) is 18.3 Å². The van der Waals surface area contributed by atoms with E-state index in [1.807, 2.05) is 25.3 Å². The number of hydrogen-bond acceptors (Lipinski definition) is 5. The lowest BCUT2D eigenvalue weighted by Gasteiger charge is -2.29. The first-order chi connectivity index (χ1) is 11.4. The molecule has 1 heterocycles. The van der Waals surface area contributed by atoms with Crippen LogP contribution in [0.5, 0.6) is 0 Å². The number of carbonyl (C=O) groups excluding carboxylic acids is 1. The third kappa shape index (κ3) is 3.77. The highest BCUT2D eigenvalue weighted by molar-refractivity contribution is 8.02. The topological polar surface area (TPSA) is 62.1 Å². The van der Waals surface area contributed by atoms with Gasteiger partial charge >= 0.3 is 5.97 Å². The smallest absolute Gasteiger partial charge is 0.337 e. The van der Waals surface area contributed by atoms with Crippen molar-refractivity contribution in [2.24, 2.45) is 0 Å². The number of esters is 1. The summed E-state index contributed by atoms with van der Waals surface area (Å²) in [5.74, 6) is -0.884. The minimum absolute atomic E-state index is 0.236. The van der Waals surface area contributed by atoms with Gasteiger partial charge in [-0.05, 0) is 44.7 Å². The van der Waals surface area contributed by atoms with Crippen LogP contribution < -0.4 is 5.32 Å². The van der Waals surface area contributed by atoms with Gasteiger partial charge in [0.25, 0.3) is 0 Å². The second kappa shape index (κ2) is 7.78. The van der Waals surface area contributed by atoms with Gasteiger partial charge in [0.05, 0.1) is 34.3 Å². The molecule has 2 rings (SSSR count). The minimum Gasteiger partial charge on any atom is -0.460 e. The summed E-state index contributed by atoms with van der Waals surface area (Å²) in [4.78, 5) is 12.6. The second-order valence-corrected chi connectivity index (χ2v) is 6.91. The van der Waals surface area contributed by atoms with E-state index in [1.165, 1.54) is 11.8 Å². The first kappa shape index (κ1) is 18.4. The number of nitrogens with zero attached hydrogens (tertiary/aromatic N) is 1. The third-order valence-electron chi connectivity index (χ3n) is 3.62. The van der Waals surface area contributed by atoms with E-state index in [0.29, 0.717) is 21.9 Å². The molecule has 1 aromatic rings. The van der Waals surface area contributed by atoms with Crippen LogP contribution in [0.15, 0.2) is 46.1 Å². The zero-order valence-corrected chi connectivity index (χ0v) is 15.6. The fourth-order valence-corrected chi connectivity index (χ4v) is 3.37. The molecule has 0 saturated carbocycles.